The summed E-state index contributed by atoms with van der Waals surface area (Å²) in [5.41, 5.74) is 5.37. The first-order valence-corrected chi connectivity index (χ1v) is 4.05. The van der Waals surface area contributed by atoms with Crippen LogP contribution in [0.3, 0.4) is 0 Å². The SMILES string of the molecule is CC(=O)C(=O)OOC(=O)C(N)C(C)C. The smallest absolute Gasteiger partial charge is 0.318 e. The molecule has 0 radical (unpaired) electrons. The third-order valence-electron chi connectivity index (χ3n) is 1.48. The second-order valence-corrected chi connectivity index (χ2v) is 3.10. The molecule has 0 aromatic carbocycles. The highest BCUT2D eigenvalue weighted by atomic mass is 17.2. The van der Waals surface area contributed by atoms with E-state index in [0.29, 0.717) is 0 Å². The zero-order valence-corrected chi connectivity index (χ0v) is 8.27. The number of hydrogen-bond acceptors (Lipinski definition) is 6. The van der Waals surface area contributed by atoms with Crippen molar-refractivity contribution < 1.29 is 24.2 Å². The van der Waals surface area contributed by atoms with Gasteiger partial charge in [0.15, 0.2) is 0 Å². The third kappa shape index (κ3) is 3.99. The molecule has 0 heterocycles. The molecule has 1 atom stereocenters. The molecular formula is C8H13NO5. The Labute approximate surface area is 81.3 Å². The van der Waals surface area contributed by atoms with E-state index < -0.39 is 23.8 Å². The zero-order valence-electron chi connectivity index (χ0n) is 8.27. The lowest BCUT2D eigenvalue weighted by molar-refractivity contribution is -0.258. The summed E-state index contributed by atoms with van der Waals surface area (Å²) in [6.07, 6.45) is 0. The highest BCUT2D eigenvalue weighted by Gasteiger charge is 2.22. The van der Waals surface area contributed by atoms with Gasteiger partial charge in [0.1, 0.15) is 6.04 Å². The molecule has 0 saturated carbocycles. The van der Waals surface area contributed by atoms with E-state index in [-0.39, 0.29) is 5.92 Å². The Bertz CT molecular complexity index is 248. The predicted octanol–water partition coefficient (Wildman–Crippen LogP) is -0.440. The Kier molecular flexibility index (Phi) is 4.79. The molecule has 0 rings (SSSR count). The minimum absolute atomic E-state index is 0.140. The molecule has 0 spiro atoms. The van der Waals surface area contributed by atoms with Crippen LogP contribution in [0.4, 0.5) is 0 Å². The first-order chi connectivity index (χ1) is 6.36. The van der Waals surface area contributed by atoms with Gasteiger partial charge in [0.2, 0.25) is 5.78 Å². The molecule has 0 aromatic heterocycles. The van der Waals surface area contributed by atoms with Crippen molar-refractivity contribution in [2.45, 2.75) is 26.8 Å². The molecule has 0 aliphatic carbocycles. The molecule has 0 aliphatic rings. The lowest BCUT2D eigenvalue weighted by Gasteiger charge is -2.11. The summed E-state index contributed by atoms with van der Waals surface area (Å²) in [6, 6.07) is -0.880. The van der Waals surface area contributed by atoms with Gasteiger partial charge in [0.05, 0.1) is 0 Å². The van der Waals surface area contributed by atoms with Crippen LogP contribution < -0.4 is 5.73 Å². The van der Waals surface area contributed by atoms with Crippen LogP contribution in [0.2, 0.25) is 0 Å². The lowest BCUT2D eigenvalue weighted by Crippen LogP contribution is -2.37. The van der Waals surface area contributed by atoms with Crippen LogP contribution in [-0.4, -0.2) is 23.8 Å². The number of nitrogens with two attached hydrogens (primary N) is 1. The summed E-state index contributed by atoms with van der Waals surface area (Å²) in [5, 5.41) is 0. The first kappa shape index (κ1) is 12.6. The molecule has 2 N–H and O–H groups in total. The van der Waals surface area contributed by atoms with Gasteiger partial charge in [0.25, 0.3) is 0 Å². The number of hydrogen-bond donors (Lipinski definition) is 1. The maximum atomic E-state index is 11.0. The van der Waals surface area contributed by atoms with Gasteiger partial charge in [-0.05, 0) is 5.92 Å². The summed E-state index contributed by atoms with van der Waals surface area (Å²) in [5.74, 6) is -3.10. The van der Waals surface area contributed by atoms with Crippen molar-refractivity contribution in [3.63, 3.8) is 0 Å². The minimum atomic E-state index is -1.23. The van der Waals surface area contributed by atoms with Crippen molar-refractivity contribution in [2.75, 3.05) is 0 Å². The maximum Gasteiger partial charge on any atom is 0.421 e. The van der Waals surface area contributed by atoms with Gasteiger partial charge in [-0.3, -0.25) is 4.79 Å². The van der Waals surface area contributed by atoms with Gasteiger partial charge >= 0.3 is 11.9 Å². The Hall–Kier alpha value is -1.43. The van der Waals surface area contributed by atoms with E-state index in [1.165, 1.54) is 0 Å². The van der Waals surface area contributed by atoms with E-state index in [0.717, 1.165) is 6.92 Å². The molecule has 80 valence electrons. The van der Waals surface area contributed by atoms with Crippen LogP contribution in [0.5, 0.6) is 0 Å². The Balaban J connectivity index is 3.97. The average molecular weight is 203 g/mol. The summed E-state index contributed by atoms with van der Waals surface area (Å²) in [7, 11) is 0. The summed E-state index contributed by atoms with van der Waals surface area (Å²) in [4.78, 5) is 39.9. The highest BCUT2D eigenvalue weighted by Crippen LogP contribution is 2.00. The van der Waals surface area contributed by atoms with E-state index >= 15 is 0 Å². The third-order valence-corrected chi connectivity index (χ3v) is 1.48. The monoisotopic (exact) mass is 203 g/mol. The van der Waals surface area contributed by atoms with Crippen molar-refractivity contribution >= 4 is 17.7 Å². The van der Waals surface area contributed by atoms with Gasteiger partial charge in [-0.1, -0.05) is 13.8 Å². The maximum absolute atomic E-state index is 11.0. The van der Waals surface area contributed by atoms with Gasteiger partial charge in [-0.2, -0.15) is 0 Å². The van der Waals surface area contributed by atoms with Crippen LogP contribution in [0, 0.1) is 5.92 Å². The summed E-state index contributed by atoms with van der Waals surface area (Å²) < 4.78 is 0. The Morgan fingerprint density at radius 3 is 2.00 bits per heavy atom. The molecule has 6 nitrogen and oxygen atoms in total. The largest absolute Gasteiger partial charge is 0.421 e. The quantitative estimate of drug-likeness (QED) is 0.379. The van der Waals surface area contributed by atoms with Gasteiger partial charge in [-0.25, -0.2) is 19.4 Å². The number of carbonyl (C=O) groups excluding carboxylic acids is 3. The van der Waals surface area contributed by atoms with E-state index in [1.54, 1.807) is 13.8 Å². The molecule has 0 fully saturated rings. The molecule has 0 bridgehead atoms. The fraction of sp³-hybridized carbons (Fsp3) is 0.625. The van der Waals surface area contributed by atoms with E-state index in [9.17, 15) is 14.4 Å². The normalized spacial score (nSPS) is 12.1. The summed E-state index contributed by atoms with van der Waals surface area (Å²) >= 11 is 0. The molecule has 6 heteroatoms. The van der Waals surface area contributed by atoms with Crippen molar-refractivity contribution in [3.05, 3.63) is 0 Å². The second kappa shape index (κ2) is 5.33. The first-order valence-electron chi connectivity index (χ1n) is 4.05. The molecule has 14 heavy (non-hydrogen) atoms. The van der Waals surface area contributed by atoms with E-state index in [4.69, 9.17) is 5.73 Å². The van der Waals surface area contributed by atoms with Crippen molar-refractivity contribution in [2.24, 2.45) is 11.7 Å². The molecular weight excluding hydrogens is 190 g/mol. The standard InChI is InChI=1S/C8H13NO5/c1-4(2)6(9)8(12)14-13-7(11)5(3)10/h4,6H,9H2,1-3H3. The fourth-order valence-electron chi connectivity index (χ4n) is 0.465. The van der Waals surface area contributed by atoms with Crippen molar-refractivity contribution in [3.8, 4) is 0 Å². The van der Waals surface area contributed by atoms with Gasteiger partial charge in [0, 0.05) is 6.92 Å². The predicted molar refractivity (Wildman–Crippen MR) is 45.7 cm³/mol. The number of carbonyl (C=O) groups is 3. The van der Waals surface area contributed by atoms with Crippen molar-refractivity contribution in [1.29, 1.82) is 0 Å². The van der Waals surface area contributed by atoms with Crippen LogP contribution in [-0.2, 0) is 24.2 Å². The van der Waals surface area contributed by atoms with Crippen LogP contribution in [0.1, 0.15) is 20.8 Å². The molecule has 0 amide bonds. The van der Waals surface area contributed by atoms with E-state index in [2.05, 4.69) is 9.78 Å². The van der Waals surface area contributed by atoms with Gasteiger partial charge < -0.3 is 5.73 Å². The van der Waals surface area contributed by atoms with Crippen LogP contribution >= 0.6 is 0 Å². The fourth-order valence-corrected chi connectivity index (χ4v) is 0.465. The number of ketones is 1. The Morgan fingerprint density at radius 2 is 1.64 bits per heavy atom. The Morgan fingerprint density at radius 1 is 1.14 bits per heavy atom. The number of rotatable bonds is 3. The molecule has 0 saturated heterocycles. The molecule has 1 unspecified atom stereocenters. The zero-order chi connectivity index (χ0) is 11.3. The van der Waals surface area contributed by atoms with E-state index in [1.807, 2.05) is 0 Å². The summed E-state index contributed by atoms with van der Waals surface area (Å²) in [6.45, 7) is 4.41. The van der Waals surface area contributed by atoms with Gasteiger partial charge in [-0.15, -0.1) is 0 Å². The number of Topliss-reactive ketones (excluding diaryl/α,β-unsaturated/α-hetero) is 1. The highest BCUT2D eigenvalue weighted by molar-refractivity contribution is 6.32. The topological polar surface area (TPSA) is 95.7 Å². The lowest BCUT2D eigenvalue weighted by atomic mass is 10.1. The molecule has 0 aliphatic heterocycles. The van der Waals surface area contributed by atoms with Crippen LogP contribution in [0.15, 0.2) is 0 Å². The second-order valence-electron chi connectivity index (χ2n) is 3.10. The minimum Gasteiger partial charge on any atom is -0.318 e. The average Bonchev–Trinajstić information content (AvgIpc) is 2.11. The van der Waals surface area contributed by atoms with Crippen molar-refractivity contribution in [1.82, 2.24) is 0 Å². The van der Waals surface area contributed by atoms with Crippen LogP contribution in [0.25, 0.3) is 0 Å². The molecule has 0 aromatic rings.